The molecule has 122 valence electrons. The number of anilines is 2. The number of nitro benzene ring substituents is 1. The maximum Gasteiger partial charge on any atom is 0.269 e. The molecule has 0 spiro atoms. The molecule has 0 bridgehead atoms. The summed E-state index contributed by atoms with van der Waals surface area (Å²) in [6.45, 7) is 0.206. The van der Waals surface area contributed by atoms with Crippen molar-refractivity contribution in [2.45, 2.75) is 6.04 Å². The monoisotopic (exact) mass is 327 g/mol. The zero-order valence-electron chi connectivity index (χ0n) is 12.4. The van der Waals surface area contributed by atoms with E-state index in [0.29, 0.717) is 11.4 Å². The van der Waals surface area contributed by atoms with E-state index in [1.54, 1.807) is 30.3 Å². The molecule has 2 aromatic carbocycles. The Balaban J connectivity index is 1.65. The minimum Gasteiger partial charge on any atom is -0.506 e. The van der Waals surface area contributed by atoms with E-state index in [4.69, 9.17) is 0 Å². The number of benzene rings is 2. The van der Waals surface area contributed by atoms with Crippen LogP contribution in [0, 0.1) is 10.1 Å². The Labute approximate surface area is 136 Å². The molecular weight excluding hydrogens is 314 g/mol. The number of nitrogens with zero attached hydrogens (tertiary/aromatic N) is 4. The average Bonchev–Trinajstić information content (AvgIpc) is 3.07. The SMILES string of the molecule is O=C(Nc1ccccc1O)C1CN(c2ccc([N+](=O)[O-])cc2)N=N1. The number of nitro groups is 1. The molecule has 1 aliphatic heterocycles. The Kier molecular flexibility index (Phi) is 4.06. The zero-order chi connectivity index (χ0) is 17.1. The van der Waals surface area contributed by atoms with Crippen molar-refractivity contribution in [2.75, 3.05) is 16.9 Å². The molecule has 0 aromatic heterocycles. The van der Waals surface area contributed by atoms with Gasteiger partial charge < -0.3 is 10.4 Å². The highest BCUT2D eigenvalue weighted by molar-refractivity contribution is 5.96. The number of rotatable bonds is 4. The molecule has 0 saturated heterocycles. The van der Waals surface area contributed by atoms with Crippen LogP contribution in [0.5, 0.6) is 5.75 Å². The van der Waals surface area contributed by atoms with Crippen LogP contribution in [0.25, 0.3) is 0 Å². The second-order valence-corrected chi connectivity index (χ2v) is 5.08. The van der Waals surface area contributed by atoms with Gasteiger partial charge in [0.2, 0.25) is 0 Å². The highest BCUT2D eigenvalue weighted by Crippen LogP contribution is 2.25. The normalized spacial score (nSPS) is 16.2. The highest BCUT2D eigenvalue weighted by atomic mass is 16.6. The summed E-state index contributed by atoms with van der Waals surface area (Å²) in [6.07, 6.45) is 0. The minimum atomic E-state index is -0.736. The molecule has 0 aliphatic carbocycles. The van der Waals surface area contributed by atoms with Gasteiger partial charge in [0.15, 0.2) is 6.04 Å². The number of phenols is 1. The predicted octanol–water partition coefficient (Wildman–Crippen LogP) is 2.49. The number of nitrogens with one attached hydrogen (secondary N) is 1. The second-order valence-electron chi connectivity index (χ2n) is 5.08. The summed E-state index contributed by atoms with van der Waals surface area (Å²) >= 11 is 0. The number of hydrogen-bond acceptors (Lipinski definition) is 7. The maximum absolute atomic E-state index is 12.2. The lowest BCUT2D eigenvalue weighted by Gasteiger charge is -2.13. The summed E-state index contributed by atoms with van der Waals surface area (Å²) in [5.74, 6) is -0.433. The van der Waals surface area contributed by atoms with Crippen LogP contribution in [0.15, 0.2) is 58.9 Å². The third-order valence-corrected chi connectivity index (χ3v) is 3.47. The van der Waals surface area contributed by atoms with Crippen molar-refractivity contribution in [3.8, 4) is 5.75 Å². The fraction of sp³-hybridized carbons (Fsp3) is 0.133. The second kappa shape index (κ2) is 6.32. The molecule has 0 saturated carbocycles. The molecule has 0 fully saturated rings. The van der Waals surface area contributed by atoms with Crippen LogP contribution in [0.2, 0.25) is 0 Å². The molecule has 0 radical (unpaired) electrons. The molecule has 1 aliphatic rings. The van der Waals surface area contributed by atoms with Crippen molar-refractivity contribution in [2.24, 2.45) is 10.3 Å². The first-order valence-corrected chi connectivity index (χ1v) is 7.06. The van der Waals surface area contributed by atoms with Crippen molar-refractivity contribution in [3.63, 3.8) is 0 Å². The fourth-order valence-electron chi connectivity index (χ4n) is 2.20. The van der Waals surface area contributed by atoms with Gasteiger partial charge in [0.1, 0.15) is 5.75 Å². The number of para-hydroxylation sites is 2. The van der Waals surface area contributed by atoms with E-state index in [0.717, 1.165) is 0 Å². The first kappa shape index (κ1) is 15.4. The summed E-state index contributed by atoms with van der Waals surface area (Å²) < 4.78 is 0. The lowest BCUT2D eigenvalue weighted by atomic mass is 10.2. The Morgan fingerprint density at radius 1 is 1.25 bits per heavy atom. The van der Waals surface area contributed by atoms with Gasteiger partial charge >= 0.3 is 0 Å². The molecule has 9 nitrogen and oxygen atoms in total. The standard InChI is InChI=1S/C15H13N5O4/c21-14-4-2-1-3-12(14)16-15(22)13-9-19(18-17-13)10-5-7-11(8-6-10)20(23)24/h1-8,13,21H,9H2,(H,16,22). The van der Waals surface area contributed by atoms with Gasteiger partial charge in [-0.1, -0.05) is 17.4 Å². The Hall–Kier alpha value is -3.49. The summed E-state index contributed by atoms with van der Waals surface area (Å²) in [6, 6.07) is 11.5. The topological polar surface area (TPSA) is 120 Å². The van der Waals surface area contributed by atoms with Crippen LogP contribution < -0.4 is 10.3 Å². The van der Waals surface area contributed by atoms with E-state index in [9.17, 15) is 20.0 Å². The van der Waals surface area contributed by atoms with Gasteiger partial charge in [0, 0.05) is 12.1 Å². The van der Waals surface area contributed by atoms with E-state index >= 15 is 0 Å². The third-order valence-electron chi connectivity index (χ3n) is 3.47. The van der Waals surface area contributed by atoms with E-state index in [1.807, 2.05) is 0 Å². The van der Waals surface area contributed by atoms with Crippen LogP contribution >= 0.6 is 0 Å². The number of amides is 1. The van der Waals surface area contributed by atoms with E-state index in [2.05, 4.69) is 15.7 Å². The smallest absolute Gasteiger partial charge is 0.269 e. The van der Waals surface area contributed by atoms with Crippen LogP contribution in [0.4, 0.5) is 17.1 Å². The summed E-state index contributed by atoms with van der Waals surface area (Å²) in [7, 11) is 0. The largest absolute Gasteiger partial charge is 0.506 e. The van der Waals surface area contributed by atoms with Gasteiger partial charge in [-0.3, -0.25) is 14.9 Å². The molecule has 2 aromatic rings. The number of non-ortho nitro benzene ring substituents is 1. The molecule has 24 heavy (non-hydrogen) atoms. The first-order chi connectivity index (χ1) is 11.5. The van der Waals surface area contributed by atoms with Crippen LogP contribution in [-0.2, 0) is 4.79 Å². The lowest BCUT2D eigenvalue weighted by Crippen LogP contribution is -2.31. The third kappa shape index (κ3) is 3.14. The van der Waals surface area contributed by atoms with Crippen molar-refractivity contribution in [1.29, 1.82) is 0 Å². The van der Waals surface area contributed by atoms with Gasteiger partial charge in [-0.15, -0.1) is 0 Å². The van der Waals surface area contributed by atoms with Gasteiger partial charge in [-0.2, -0.15) is 5.11 Å². The van der Waals surface area contributed by atoms with Gasteiger partial charge in [0.25, 0.3) is 11.6 Å². The number of hydrogen-bond donors (Lipinski definition) is 2. The minimum absolute atomic E-state index is 0.0243. The average molecular weight is 327 g/mol. The molecule has 1 amide bonds. The highest BCUT2D eigenvalue weighted by Gasteiger charge is 2.27. The maximum atomic E-state index is 12.2. The van der Waals surface area contributed by atoms with Crippen molar-refractivity contribution < 1.29 is 14.8 Å². The molecular formula is C15H13N5O4. The quantitative estimate of drug-likeness (QED) is 0.508. The zero-order valence-corrected chi connectivity index (χ0v) is 12.4. The molecule has 1 atom stereocenters. The Morgan fingerprint density at radius 2 is 1.96 bits per heavy atom. The van der Waals surface area contributed by atoms with Gasteiger partial charge in [0.05, 0.1) is 22.8 Å². The molecule has 1 unspecified atom stereocenters. The van der Waals surface area contributed by atoms with Crippen LogP contribution in [0.1, 0.15) is 0 Å². The number of carbonyl (C=O) groups is 1. The van der Waals surface area contributed by atoms with Crippen LogP contribution in [0.3, 0.4) is 0 Å². The van der Waals surface area contributed by atoms with E-state index in [1.165, 1.54) is 23.2 Å². The number of aromatic hydroxyl groups is 1. The van der Waals surface area contributed by atoms with Crippen molar-refractivity contribution in [1.82, 2.24) is 0 Å². The van der Waals surface area contributed by atoms with Gasteiger partial charge in [-0.05, 0) is 24.3 Å². The van der Waals surface area contributed by atoms with E-state index in [-0.39, 0.29) is 18.0 Å². The van der Waals surface area contributed by atoms with Crippen LogP contribution in [-0.4, -0.2) is 28.5 Å². The van der Waals surface area contributed by atoms with Crippen molar-refractivity contribution >= 4 is 23.0 Å². The molecule has 9 heteroatoms. The van der Waals surface area contributed by atoms with E-state index < -0.39 is 16.9 Å². The predicted molar refractivity (Wildman–Crippen MR) is 85.8 cm³/mol. The number of phenolic OH excluding ortho intramolecular Hbond substituents is 1. The summed E-state index contributed by atoms with van der Waals surface area (Å²) in [5, 5.41) is 32.2. The molecule has 1 heterocycles. The summed E-state index contributed by atoms with van der Waals surface area (Å²) in [4.78, 5) is 22.4. The Morgan fingerprint density at radius 3 is 2.62 bits per heavy atom. The van der Waals surface area contributed by atoms with Crippen molar-refractivity contribution in [3.05, 3.63) is 58.6 Å². The first-order valence-electron chi connectivity index (χ1n) is 7.06. The van der Waals surface area contributed by atoms with Gasteiger partial charge in [-0.25, -0.2) is 5.01 Å². The molecule has 3 rings (SSSR count). The molecule has 2 N–H and O–H groups in total. The lowest BCUT2D eigenvalue weighted by molar-refractivity contribution is -0.384. The Bertz CT molecular complexity index is 806. The fourth-order valence-corrected chi connectivity index (χ4v) is 2.20. The number of carbonyl (C=O) groups excluding carboxylic acids is 1. The summed E-state index contributed by atoms with van der Waals surface area (Å²) in [5.41, 5.74) is 0.873.